The highest BCUT2D eigenvalue weighted by molar-refractivity contribution is 5.99. The van der Waals surface area contributed by atoms with Gasteiger partial charge in [-0.25, -0.2) is 4.79 Å². The number of furan rings is 1. The van der Waals surface area contributed by atoms with E-state index >= 15 is 0 Å². The molecule has 1 saturated heterocycles. The number of amides is 1. The first-order valence-electron chi connectivity index (χ1n) is 9.65. The predicted octanol–water partition coefficient (Wildman–Crippen LogP) is 3.57. The van der Waals surface area contributed by atoms with Crippen molar-refractivity contribution in [3.8, 4) is 0 Å². The lowest BCUT2D eigenvalue weighted by molar-refractivity contribution is 0.0929. The van der Waals surface area contributed by atoms with Gasteiger partial charge >= 0.3 is 5.63 Å². The Hall–Kier alpha value is -2.86. The minimum absolute atomic E-state index is 0.0482. The van der Waals surface area contributed by atoms with Crippen molar-refractivity contribution in [2.45, 2.75) is 32.7 Å². The van der Waals surface area contributed by atoms with Gasteiger partial charge in [0.05, 0.1) is 6.04 Å². The van der Waals surface area contributed by atoms with Gasteiger partial charge in [-0.3, -0.25) is 9.69 Å². The highest BCUT2D eigenvalue weighted by Crippen LogP contribution is 2.26. The second-order valence-corrected chi connectivity index (χ2v) is 7.30. The number of hydrogen-bond acceptors (Lipinski definition) is 5. The zero-order valence-electron chi connectivity index (χ0n) is 16.2. The van der Waals surface area contributed by atoms with Gasteiger partial charge < -0.3 is 14.2 Å². The Labute approximate surface area is 163 Å². The van der Waals surface area contributed by atoms with Gasteiger partial charge in [-0.2, -0.15) is 0 Å². The van der Waals surface area contributed by atoms with Crippen molar-refractivity contribution < 1.29 is 13.6 Å². The third-order valence-electron chi connectivity index (χ3n) is 5.43. The van der Waals surface area contributed by atoms with Gasteiger partial charge in [0.2, 0.25) is 0 Å². The molecule has 0 unspecified atom stereocenters. The van der Waals surface area contributed by atoms with E-state index in [0.29, 0.717) is 17.7 Å². The lowest BCUT2D eigenvalue weighted by Gasteiger charge is -2.26. The number of hydrogen-bond donors (Lipinski definition) is 1. The maximum atomic E-state index is 12.9. The molecule has 146 valence electrons. The SMILES string of the molecule is Cc1ccc([C@H](CNC(=O)c2c(C)c3ccccc3oc2=O)N2CCCC2)o1. The third-order valence-corrected chi connectivity index (χ3v) is 5.43. The largest absolute Gasteiger partial charge is 0.465 e. The molecule has 4 rings (SSSR count). The van der Waals surface area contributed by atoms with E-state index in [0.717, 1.165) is 42.8 Å². The summed E-state index contributed by atoms with van der Waals surface area (Å²) in [6.07, 6.45) is 2.27. The van der Waals surface area contributed by atoms with Crippen LogP contribution in [0.4, 0.5) is 0 Å². The van der Waals surface area contributed by atoms with E-state index < -0.39 is 11.5 Å². The van der Waals surface area contributed by atoms with Crippen LogP contribution < -0.4 is 10.9 Å². The number of nitrogens with zero attached hydrogens (tertiary/aromatic N) is 1. The Kier molecular flexibility index (Phi) is 5.05. The van der Waals surface area contributed by atoms with Crippen molar-refractivity contribution in [1.29, 1.82) is 0 Å². The number of nitrogens with one attached hydrogen (secondary N) is 1. The maximum absolute atomic E-state index is 12.9. The molecule has 0 aliphatic carbocycles. The van der Waals surface area contributed by atoms with Crippen molar-refractivity contribution in [3.05, 3.63) is 69.5 Å². The topological polar surface area (TPSA) is 75.7 Å². The summed E-state index contributed by atoms with van der Waals surface area (Å²) in [7, 11) is 0. The molecule has 1 atom stereocenters. The van der Waals surface area contributed by atoms with Crippen LogP contribution in [0.15, 0.2) is 50.0 Å². The molecule has 6 nitrogen and oxygen atoms in total. The van der Waals surface area contributed by atoms with Crippen molar-refractivity contribution in [2.75, 3.05) is 19.6 Å². The van der Waals surface area contributed by atoms with Gasteiger partial charge in [-0.15, -0.1) is 0 Å². The summed E-state index contributed by atoms with van der Waals surface area (Å²) in [4.78, 5) is 27.6. The molecular weight excluding hydrogens is 356 g/mol. The molecule has 1 N–H and O–H groups in total. The average molecular weight is 380 g/mol. The number of rotatable bonds is 5. The zero-order chi connectivity index (χ0) is 19.7. The Morgan fingerprint density at radius 3 is 2.57 bits per heavy atom. The molecule has 0 saturated carbocycles. The van der Waals surface area contributed by atoms with E-state index in [-0.39, 0.29) is 11.6 Å². The summed E-state index contributed by atoms with van der Waals surface area (Å²) in [6.45, 7) is 6.00. The summed E-state index contributed by atoms with van der Waals surface area (Å²) in [5.41, 5.74) is 0.577. The molecule has 0 spiro atoms. The maximum Gasteiger partial charge on any atom is 0.349 e. The second kappa shape index (κ2) is 7.64. The van der Waals surface area contributed by atoms with Gasteiger partial charge in [0.1, 0.15) is 22.7 Å². The number of carbonyl (C=O) groups is 1. The molecule has 1 aromatic carbocycles. The predicted molar refractivity (Wildman–Crippen MR) is 107 cm³/mol. The molecule has 0 bridgehead atoms. The van der Waals surface area contributed by atoms with Crippen LogP contribution in [0, 0.1) is 13.8 Å². The van der Waals surface area contributed by atoms with Gasteiger partial charge in [0.25, 0.3) is 5.91 Å². The fourth-order valence-corrected chi connectivity index (χ4v) is 3.94. The van der Waals surface area contributed by atoms with E-state index in [4.69, 9.17) is 8.83 Å². The van der Waals surface area contributed by atoms with Crippen LogP contribution in [0.3, 0.4) is 0 Å². The molecule has 6 heteroatoms. The van der Waals surface area contributed by atoms with Crippen molar-refractivity contribution in [1.82, 2.24) is 10.2 Å². The summed E-state index contributed by atoms with van der Waals surface area (Å²) in [5, 5.41) is 3.70. The second-order valence-electron chi connectivity index (χ2n) is 7.30. The van der Waals surface area contributed by atoms with Gasteiger partial charge in [0, 0.05) is 11.9 Å². The van der Waals surface area contributed by atoms with Crippen LogP contribution >= 0.6 is 0 Å². The molecule has 3 heterocycles. The third kappa shape index (κ3) is 3.47. The highest BCUT2D eigenvalue weighted by Gasteiger charge is 2.27. The Morgan fingerprint density at radius 2 is 1.86 bits per heavy atom. The molecule has 1 amide bonds. The van der Waals surface area contributed by atoms with E-state index in [2.05, 4.69) is 10.2 Å². The van der Waals surface area contributed by atoms with Crippen LogP contribution in [0.25, 0.3) is 11.0 Å². The Bertz CT molecular complexity index is 1060. The van der Waals surface area contributed by atoms with Crippen molar-refractivity contribution in [2.24, 2.45) is 0 Å². The van der Waals surface area contributed by atoms with Crippen LogP contribution in [0.2, 0.25) is 0 Å². The number of para-hydroxylation sites is 1. The minimum Gasteiger partial charge on any atom is -0.465 e. The molecule has 3 aromatic rings. The first-order valence-corrected chi connectivity index (χ1v) is 9.65. The monoisotopic (exact) mass is 380 g/mol. The van der Waals surface area contributed by atoms with Crippen LogP contribution in [0.1, 0.15) is 46.3 Å². The van der Waals surface area contributed by atoms with E-state index in [9.17, 15) is 9.59 Å². The van der Waals surface area contributed by atoms with E-state index in [1.54, 1.807) is 19.1 Å². The van der Waals surface area contributed by atoms with Crippen LogP contribution in [-0.2, 0) is 0 Å². The smallest absolute Gasteiger partial charge is 0.349 e. The average Bonchev–Trinajstić information content (AvgIpc) is 3.34. The van der Waals surface area contributed by atoms with Gasteiger partial charge in [0.15, 0.2) is 0 Å². The molecule has 1 aliphatic heterocycles. The minimum atomic E-state index is -0.611. The summed E-state index contributed by atoms with van der Waals surface area (Å²) in [5.74, 6) is 1.27. The first kappa shape index (κ1) is 18.5. The lowest BCUT2D eigenvalue weighted by atomic mass is 10.1. The zero-order valence-corrected chi connectivity index (χ0v) is 16.2. The van der Waals surface area contributed by atoms with Crippen molar-refractivity contribution in [3.63, 3.8) is 0 Å². The van der Waals surface area contributed by atoms with Crippen molar-refractivity contribution >= 4 is 16.9 Å². The van der Waals surface area contributed by atoms with Gasteiger partial charge in [-0.05, 0) is 63.5 Å². The van der Waals surface area contributed by atoms with Gasteiger partial charge in [-0.1, -0.05) is 18.2 Å². The van der Waals surface area contributed by atoms with E-state index in [1.165, 1.54) is 0 Å². The molecule has 1 fully saturated rings. The molecule has 0 radical (unpaired) electrons. The fourth-order valence-electron chi connectivity index (χ4n) is 3.94. The molecule has 1 aliphatic rings. The number of carbonyl (C=O) groups excluding carboxylic acids is 1. The van der Waals surface area contributed by atoms with E-state index in [1.807, 2.05) is 31.2 Å². The fraction of sp³-hybridized carbons (Fsp3) is 0.364. The number of aryl methyl sites for hydroxylation is 2. The lowest BCUT2D eigenvalue weighted by Crippen LogP contribution is -2.38. The van der Waals surface area contributed by atoms with Crippen LogP contribution in [-0.4, -0.2) is 30.4 Å². The quantitative estimate of drug-likeness (QED) is 0.685. The van der Waals surface area contributed by atoms with Crippen LogP contribution in [0.5, 0.6) is 0 Å². The standard InChI is InChI=1S/C22H24N2O4/c1-14-9-10-19(27-14)17(24-11-5-6-12-24)13-23-21(25)20-15(2)16-7-3-4-8-18(16)28-22(20)26/h3-4,7-10,17H,5-6,11-13H2,1-2H3,(H,23,25)/t17-/m0/s1. The number of fused-ring (bicyclic) bond motifs is 1. The number of benzene rings is 1. The summed E-state index contributed by atoms with van der Waals surface area (Å²) < 4.78 is 11.2. The number of likely N-dealkylation sites (tertiary alicyclic amines) is 1. The molecule has 2 aromatic heterocycles. The summed E-state index contributed by atoms with van der Waals surface area (Å²) >= 11 is 0. The molecular formula is C22H24N2O4. The Morgan fingerprint density at radius 1 is 1.11 bits per heavy atom. The first-order chi connectivity index (χ1) is 13.5. The molecule has 28 heavy (non-hydrogen) atoms. The Balaban J connectivity index is 1.59. The normalized spacial score (nSPS) is 15.8. The highest BCUT2D eigenvalue weighted by atomic mass is 16.4. The summed E-state index contributed by atoms with van der Waals surface area (Å²) in [6, 6.07) is 11.1.